The van der Waals surface area contributed by atoms with E-state index >= 15 is 0 Å². The van der Waals surface area contributed by atoms with Crippen molar-refractivity contribution in [3.63, 3.8) is 0 Å². The maximum atomic E-state index is 8.91. The number of nitrogens with zero attached hydrogens (tertiary/aromatic N) is 4. The molecule has 6 heteroatoms. The highest BCUT2D eigenvalue weighted by Gasteiger charge is 2.20. The minimum atomic E-state index is 0.213. The Bertz CT molecular complexity index is 419. The van der Waals surface area contributed by atoms with Crippen LogP contribution in [0.15, 0.2) is 0 Å². The van der Waals surface area contributed by atoms with E-state index in [1.165, 1.54) is 0 Å². The maximum absolute atomic E-state index is 8.91. The molecule has 1 saturated heterocycles. The summed E-state index contributed by atoms with van der Waals surface area (Å²) in [7, 11) is 0. The third-order valence-electron chi connectivity index (χ3n) is 3.34. The number of β-amino-alcohol motifs (C(OH)–C–C–N with tert-alkyl or cyclic N) is 1. The second-order valence-electron chi connectivity index (χ2n) is 4.56. The second kappa shape index (κ2) is 5.82. The molecule has 0 unspecified atom stereocenters. The van der Waals surface area contributed by atoms with Gasteiger partial charge in [-0.1, -0.05) is 11.6 Å². The Balaban J connectivity index is 2.07. The highest BCUT2D eigenvalue weighted by molar-refractivity contribution is 6.31. The summed E-state index contributed by atoms with van der Waals surface area (Å²) < 4.78 is 0. The molecule has 5 nitrogen and oxygen atoms in total. The minimum Gasteiger partial charge on any atom is -0.395 e. The molecule has 0 saturated carbocycles. The Labute approximate surface area is 112 Å². The lowest BCUT2D eigenvalue weighted by atomic mass is 10.3. The lowest BCUT2D eigenvalue weighted by Gasteiger charge is -2.35. The lowest BCUT2D eigenvalue weighted by Crippen LogP contribution is -2.47. The van der Waals surface area contributed by atoms with Crippen molar-refractivity contribution < 1.29 is 5.11 Å². The van der Waals surface area contributed by atoms with Crippen LogP contribution in [0.1, 0.15) is 11.4 Å². The molecule has 0 aromatic carbocycles. The van der Waals surface area contributed by atoms with Gasteiger partial charge in [-0.15, -0.1) is 0 Å². The third-order valence-corrected chi connectivity index (χ3v) is 3.59. The molecule has 0 atom stereocenters. The van der Waals surface area contributed by atoms with Crippen molar-refractivity contribution in [2.24, 2.45) is 0 Å². The van der Waals surface area contributed by atoms with Gasteiger partial charge in [-0.25, -0.2) is 9.97 Å². The van der Waals surface area contributed by atoms with E-state index in [1.807, 2.05) is 13.8 Å². The third kappa shape index (κ3) is 2.91. The molecule has 1 aromatic rings. The fourth-order valence-corrected chi connectivity index (χ4v) is 2.38. The van der Waals surface area contributed by atoms with Gasteiger partial charge in [0.1, 0.15) is 0 Å². The van der Waals surface area contributed by atoms with Crippen LogP contribution in [0, 0.1) is 13.8 Å². The standard InChI is InChI=1S/C12H19ClN4O/c1-9-10(2)15-12(11(13)14-9)17-5-3-16(4-6-17)7-8-18/h18H,3-8H2,1-2H3. The zero-order chi connectivity index (χ0) is 13.1. The number of hydrogen-bond donors (Lipinski definition) is 1. The van der Waals surface area contributed by atoms with Gasteiger partial charge in [0.15, 0.2) is 11.0 Å². The number of aliphatic hydroxyl groups is 1. The average Bonchev–Trinajstić information content (AvgIpc) is 2.35. The largest absolute Gasteiger partial charge is 0.395 e. The molecule has 2 rings (SSSR count). The lowest BCUT2D eigenvalue weighted by molar-refractivity contribution is 0.188. The number of anilines is 1. The SMILES string of the molecule is Cc1nc(Cl)c(N2CCN(CCO)CC2)nc1C. The van der Waals surface area contributed by atoms with Gasteiger partial charge in [-0.2, -0.15) is 0 Å². The van der Waals surface area contributed by atoms with Gasteiger partial charge in [0.2, 0.25) is 0 Å². The molecule has 1 fully saturated rings. The zero-order valence-electron chi connectivity index (χ0n) is 10.9. The number of aryl methyl sites for hydroxylation is 2. The first-order valence-electron chi connectivity index (χ1n) is 6.20. The van der Waals surface area contributed by atoms with E-state index in [0.29, 0.717) is 5.15 Å². The van der Waals surface area contributed by atoms with Gasteiger partial charge in [-0.05, 0) is 13.8 Å². The van der Waals surface area contributed by atoms with Gasteiger partial charge in [0, 0.05) is 32.7 Å². The number of piperazine rings is 1. The summed E-state index contributed by atoms with van der Waals surface area (Å²) in [6.07, 6.45) is 0. The molecule has 0 radical (unpaired) electrons. The Hall–Kier alpha value is -0.910. The molecule has 2 heterocycles. The van der Waals surface area contributed by atoms with Crippen molar-refractivity contribution in [3.8, 4) is 0 Å². The summed E-state index contributed by atoms with van der Waals surface area (Å²) in [6.45, 7) is 8.40. The summed E-state index contributed by atoms with van der Waals surface area (Å²) in [5, 5.41) is 9.39. The van der Waals surface area contributed by atoms with Crippen LogP contribution in [0.25, 0.3) is 0 Å². The van der Waals surface area contributed by atoms with Crippen LogP contribution in [0.2, 0.25) is 5.15 Å². The van der Waals surface area contributed by atoms with E-state index in [9.17, 15) is 0 Å². The Kier molecular flexibility index (Phi) is 4.37. The highest BCUT2D eigenvalue weighted by atomic mass is 35.5. The summed E-state index contributed by atoms with van der Waals surface area (Å²) >= 11 is 6.16. The first-order valence-corrected chi connectivity index (χ1v) is 6.58. The van der Waals surface area contributed by atoms with Crippen LogP contribution in [0.3, 0.4) is 0 Å². The van der Waals surface area contributed by atoms with Crippen LogP contribution in [-0.4, -0.2) is 59.3 Å². The summed E-state index contributed by atoms with van der Waals surface area (Å²) in [5.41, 5.74) is 1.80. The van der Waals surface area contributed by atoms with E-state index in [1.54, 1.807) is 0 Å². The molecule has 1 aromatic heterocycles. The van der Waals surface area contributed by atoms with Crippen molar-refractivity contribution in [2.45, 2.75) is 13.8 Å². The van der Waals surface area contributed by atoms with E-state index < -0.39 is 0 Å². The molecule has 0 bridgehead atoms. The van der Waals surface area contributed by atoms with E-state index in [2.05, 4.69) is 19.8 Å². The molecule has 1 aliphatic heterocycles. The molecular formula is C12H19ClN4O. The molecule has 1 aliphatic rings. The van der Waals surface area contributed by atoms with Crippen molar-refractivity contribution >= 4 is 17.4 Å². The first kappa shape index (κ1) is 13.5. The van der Waals surface area contributed by atoms with Crippen LogP contribution >= 0.6 is 11.6 Å². The number of halogens is 1. The summed E-state index contributed by atoms with van der Waals surface area (Å²) in [6, 6.07) is 0. The van der Waals surface area contributed by atoms with Gasteiger partial charge in [-0.3, -0.25) is 4.90 Å². The van der Waals surface area contributed by atoms with E-state index in [0.717, 1.165) is 49.9 Å². The van der Waals surface area contributed by atoms with Crippen molar-refractivity contribution in [2.75, 3.05) is 44.2 Å². The van der Waals surface area contributed by atoms with Crippen LogP contribution in [0.4, 0.5) is 5.82 Å². The maximum Gasteiger partial charge on any atom is 0.171 e. The first-order chi connectivity index (χ1) is 8.61. The zero-order valence-corrected chi connectivity index (χ0v) is 11.6. The number of aliphatic hydroxyl groups excluding tert-OH is 1. The van der Waals surface area contributed by atoms with Crippen molar-refractivity contribution in [1.82, 2.24) is 14.9 Å². The quantitative estimate of drug-likeness (QED) is 0.883. The average molecular weight is 271 g/mol. The van der Waals surface area contributed by atoms with Gasteiger partial charge in [0.25, 0.3) is 0 Å². The molecule has 1 N–H and O–H groups in total. The van der Waals surface area contributed by atoms with Gasteiger partial charge >= 0.3 is 0 Å². The summed E-state index contributed by atoms with van der Waals surface area (Å²) in [4.78, 5) is 13.2. The predicted molar refractivity (Wildman–Crippen MR) is 72.3 cm³/mol. The summed E-state index contributed by atoms with van der Waals surface area (Å²) in [5.74, 6) is 0.781. The fraction of sp³-hybridized carbons (Fsp3) is 0.667. The molecule has 0 amide bonds. The Morgan fingerprint density at radius 2 is 1.72 bits per heavy atom. The van der Waals surface area contributed by atoms with Crippen LogP contribution in [0.5, 0.6) is 0 Å². The molecule has 100 valence electrons. The fourth-order valence-electron chi connectivity index (χ4n) is 2.09. The van der Waals surface area contributed by atoms with Crippen molar-refractivity contribution in [3.05, 3.63) is 16.5 Å². The number of hydrogen-bond acceptors (Lipinski definition) is 5. The molecule has 0 aliphatic carbocycles. The van der Waals surface area contributed by atoms with E-state index in [4.69, 9.17) is 16.7 Å². The van der Waals surface area contributed by atoms with Crippen molar-refractivity contribution in [1.29, 1.82) is 0 Å². The van der Waals surface area contributed by atoms with Crippen LogP contribution < -0.4 is 4.90 Å². The van der Waals surface area contributed by atoms with Crippen LogP contribution in [-0.2, 0) is 0 Å². The highest BCUT2D eigenvalue weighted by Crippen LogP contribution is 2.23. The Morgan fingerprint density at radius 1 is 1.11 bits per heavy atom. The monoisotopic (exact) mass is 270 g/mol. The smallest absolute Gasteiger partial charge is 0.171 e. The molecular weight excluding hydrogens is 252 g/mol. The number of rotatable bonds is 3. The molecule has 0 spiro atoms. The topological polar surface area (TPSA) is 52.5 Å². The minimum absolute atomic E-state index is 0.213. The number of aromatic nitrogens is 2. The Morgan fingerprint density at radius 3 is 2.33 bits per heavy atom. The normalized spacial score (nSPS) is 17.2. The van der Waals surface area contributed by atoms with Gasteiger partial charge in [0.05, 0.1) is 18.0 Å². The molecule has 18 heavy (non-hydrogen) atoms. The van der Waals surface area contributed by atoms with Gasteiger partial charge < -0.3 is 10.0 Å². The predicted octanol–water partition coefficient (Wildman–Crippen LogP) is 0.861. The van der Waals surface area contributed by atoms with E-state index in [-0.39, 0.29) is 6.61 Å². The second-order valence-corrected chi connectivity index (χ2v) is 4.92.